The van der Waals surface area contributed by atoms with Crippen LogP contribution < -0.4 is 10.0 Å². The number of hydrogen-bond donors (Lipinski definition) is 2. The highest BCUT2D eigenvalue weighted by atomic mass is 32.2. The molecule has 2 aromatic rings. The lowest BCUT2D eigenvalue weighted by Gasteiger charge is -2.16. The zero-order valence-corrected chi connectivity index (χ0v) is 16.4. The van der Waals surface area contributed by atoms with Crippen LogP contribution >= 0.6 is 0 Å². The van der Waals surface area contributed by atoms with E-state index in [1.54, 1.807) is 25.3 Å². The van der Waals surface area contributed by atoms with Gasteiger partial charge in [0.15, 0.2) is 0 Å². The van der Waals surface area contributed by atoms with E-state index >= 15 is 0 Å². The summed E-state index contributed by atoms with van der Waals surface area (Å²) in [7, 11) is -3.76. The van der Waals surface area contributed by atoms with Gasteiger partial charge in [0.25, 0.3) is 5.91 Å². The SMILES string of the molecule is Cc1ccc([C@H](C)NS(=O)(=O)c2cccc(C(=O)NC3CCCC3)c2)cn1. The standard InChI is InChI=1S/C20H25N3O3S/c1-14-10-11-17(13-21-14)15(2)23-27(25,26)19-9-5-6-16(12-19)20(24)22-18-7-3-4-8-18/h5-6,9-13,15,18,23H,3-4,7-8H2,1-2H3,(H,22,24)/t15-/m0/s1. The number of carbonyl (C=O) groups excluding carboxylic acids is 1. The average molecular weight is 388 g/mol. The Kier molecular flexibility index (Phi) is 5.92. The van der Waals surface area contributed by atoms with Crippen LogP contribution in [0.25, 0.3) is 0 Å². The number of amides is 1. The van der Waals surface area contributed by atoms with Gasteiger partial charge in [0.1, 0.15) is 0 Å². The van der Waals surface area contributed by atoms with Crippen LogP contribution in [0.2, 0.25) is 0 Å². The molecule has 27 heavy (non-hydrogen) atoms. The largest absolute Gasteiger partial charge is 0.349 e. The predicted octanol–water partition coefficient (Wildman–Crippen LogP) is 3.10. The van der Waals surface area contributed by atoms with Crippen molar-refractivity contribution in [1.82, 2.24) is 15.0 Å². The molecule has 0 unspecified atom stereocenters. The molecule has 1 saturated carbocycles. The van der Waals surface area contributed by atoms with Gasteiger partial charge in [0.05, 0.1) is 4.90 Å². The highest BCUT2D eigenvalue weighted by molar-refractivity contribution is 7.89. The van der Waals surface area contributed by atoms with E-state index in [0.29, 0.717) is 5.56 Å². The third-order valence-corrected chi connectivity index (χ3v) is 6.40. The summed E-state index contributed by atoms with van der Waals surface area (Å²) in [5.74, 6) is -0.227. The molecule has 144 valence electrons. The zero-order valence-electron chi connectivity index (χ0n) is 15.6. The van der Waals surface area contributed by atoms with Crippen LogP contribution in [0.15, 0.2) is 47.5 Å². The van der Waals surface area contributed by atoms with Crippen molar-refractivity contribution < 1.29 is 13.2 Å². The van der Waals surface area contributed by atoms with Gasteiger partial charge < -0.3 is 5.32 Å². The minimum atomic E-state index is -3.76. The molecule has 1 atom stereocenters. The minimum Gasteiger partial charge on any atom is -0.349 e. The number of nitrogens with zero attached hydrogens (tertiary/aromatic N) is 1. The van der Waals surface area contributed by atoms with Crippen molar-refractivity contribution in [3.05, 3.63) is 59.4 Å². The number of rotatable bonds is 6. The molecule has 0 aliphatic heterocycles. The molecule has 1 aromatic carbocycles. The molecule has 6 nitrogen and oxygen atoms in total. The molecule has 2 N–H and O–H groups in total. The molecular weight excluding hydrogens is 362 g/mol. The molecule has 1 aliphatic carbocycles. The molecule has 0 saturated heterocycles. The Morgan fingerprint density at radius 2 is 1.93 bits per heavy atom. The fourth-order valence-corrected chi connectivity index (χ4v) is 4.53. The molecule has 1 aliphatic rings. The predicted molar refractivity (Wildman–Crippen MR) is 104 cm³/mol. The molecule has 1 heterocycles. The number of carbonyl (C=O) groups is 1. The van der Waals surface area contributed by atoms with Crippen molar-refractivity contribution in [3.63, 3.8) is 0 Å². The van der Waals surface area contributed by atoms with Gasteiger partial charge in [-0.05, 0) is 56.5 Å². The fourth-order valence-electron chi connectivity index (χ4n) is 3.25. The number of pyridine rings is 1. The van der Waals surface area contributed by atoms with E-state index in [1.807, 2.05) is 19.1 Å². The monoisotopic (exact) mass is 387 g/mol. The number of nitrogens with one attached hydrogen (secondary N) is 2. The van der Waals surface area contributed by atoms with Crippen LogP contribution in [0.4, 0.5) is 0 Å². The van der Waals surface area contributed by atoms with Gasteiger partial charge in [-0.3, -0.25) is 9.78 Å². The van der Waals surface area contributed by atoms with Crippen LogP contribution in [0, 0.1) is 6.92 Å². The van der Waals surface area contributed by atoms with Crippen LogP contribution in [-0.4, -0.2) is 25.4 Å². The first-order chi connectivity index (χ1) is 12.8. The minimum absolute atomic E-state index is 0.0773. The maximum Gasteiger partial charge on any atom is 0.251 e. The van der Waals surface area contributed by atoms with E-state index in [1.165, 1.54) is 12.1 Å². The highest BCUT2D eigenvalue weighted by Gasteiger charge is 2.22. The Bertz CT molecular complexity index is 904. The van der Waals surface area contributed by atoms with Gasteiger partial charge in [-0.15, -0.1) is 0 Å². The molecule has 0 spiro atoms. The summed E-state index contributed by atoms with van der Waals surface area (Å²) in [6.45, 7) is 3.64. The normalized spacial score (nSPS) is 16.2. The van der Waals surface area contributed by atoms with Crippen LogP contribution in [0.1, 0.15) is 60.3 Å². The topological polar surface area (TPSA) is 88.2 Å². The molecule has 7 heteroatoms. The first-order valence-corrected chi connectivity index (χ1v) is 10.7. The molecule has 0 radical (unpaired) electrons. The first-order valence-electron chi connectivity index (χ1n) is 9.21. The summed E-state index contributed by atoms with van der Waals surface area (Å²) >= 11 is 0. The quantitative estimate of drug-likeness (QED) is 0.797. The highest BCUT2D eigenvalue weighted by Crippen LogP contribution is 2.20. The lowest BCUT2D eigenvalue weighted by Crippen LogP contribution is -2.33. The Labute approximate surface area is 160 Å². The van der Waals surface area contributed by atoms with Gasteiger partial charge in [0, 0.05) is 29.5 Å². The Morgan fingerprint density at radius 3 is 2.59 bits per heavy atom. The number of hydrogen-bond acceptors (Lipinski definition) is 4. The van der Waals surface area contributed by atoms with E-state index in [4.69, 9.17) is 0 Å². The van der Waals surface area contributed by atoms with Crippen molar-refractivity contribution in [2.45, 2.75) is 56.5 Å². The Morgan fingerprint density at radius 1 is 1.19 bits per heavy atom. The second-order valence-corrected chi connectivity index (χ2v) is 8.77. The van der Waals surface area contributed by atoms with Gasteiger partial charge in [-0.1, -0.05) is 25.0 Å². The summed E-state index contributed by atoms with van der Waals surface area (Å²) in [6.07, 6.45) is 5.86. The third kappa shape index (κ3) is 4.93. The molecule has 1 aromatic heterocycles. The third-order valence-electron chi connectivity index (χ3n) is 4.86. The lowest BCUT2D eigenvalue weighted by atomic mass is 10.1. The maximum atomic E-state index is 12.7. The van der Waals surface area contributed by atoms with Crippen LogP contribution in [0.3, 0.4) is 0 Å². The van der Waals surface area contributed by atoms with E-state index < -0.39 is 16.1 Å². The summed E-state index contributed by atoms with van der Waals surface area (Å²) in [5.41, 5.74) is 2.00. The van der Waals surface area contributed by atoms with Gasteiger partial charge in [-0.25, -0.2) is 13.1 Å². The van der Waals surface area contributed by atoms with Gasteiger partial charge >= 0.3 is 0 Å². The fraction of sp³-hybridized carbons (Fsp3) is 0.400. The number of benzene rings is 1. The maximum absolute atomic E-state index is 12.7. The van der Waals surface area contributed by atoms with Crippen LogP contribution in [-0.2, 0) is 10.0 Å². The smallest absolute Gasteiger partial charge is 0.251 e. The Hall–Kier alpha value is -2.25. The van der Waals surface area contributed by atoms with Crippen molar-refractivity contribution in [3.8, 4) is 0 Å². The van der Waals surface area contributed by atoms with Crippen molar-refractivity contribution in [2.24, 2.45) is 0 Å². The number of sulfonamides is 1. The van der Waals surface area contributed by atoms with E-state index in [-0.39, 0.29) is 16.8 Å². The molecular formula is C20H25N3O3S. The number of aromatic nitrogens is 1. The van der Waals surface area contributed by atoms with E-state index in [9.17, 15) is 13.2 Å². The number of aryl methyl sites for hydroxylation is 1. The summed E-state index contributed by atoms with van der Waals surface area (Å²) < 4.78 is 28.1. The lowest BCUT2D eigenvalue weighted by molar-refractivity contribution is 0.0937. The van der Waals surface area contributed by atoms with Crippen molar-refractivity contribution in [2.75, 3.05) is 0 Å². The zero-order chi connectivity index (χ0) is 19.4. The van der Waals surface area contributed by atoms with Crippen molar-refractivity contribution >= 4 is 15.9 Å². The van der Waals surface area contributed by atoms with E-state index in [0.717, 1.165) is 36.9 Å². The van der Waals surface area contributed by atoms with Crippen molar-refractivity contribution in [1.29, 1.82) is 0 Å². The van der Waals surface area contributed by atoms with Gasteiger partial charge in [-0.2, -0.15) is 0 Å². The molecule has 1 fully saturated rings. The Balaban J connectivity index is 1.74. The van der Waals surface area contributed by atoms with Gasteiger partial charge in [0.2, 0.25) is 10.0 Å². The molecule has 3 rings (SSSR count). The second-order valence-electron chi connectivity index (χ2n) is 7.06. The molecule has 1 amide bonds. The first kappa shape index (κ1) is 19.5. The summed E-state index contributed by atoms with van der Waals surface area (Å²) in [4.78, 5) is 16.7. The van der Waals surface area contributed by atoms with E-state index in [2.05, 4.69) is 15.0 Å². The summed E-state index contributed by atoms with van der Waals surface area (Å²) in [6, 6.07) is 9.59. The summed E-state index contributed by atoms with van der Waals surface area (Å²) in [5, 5.41) is 2.98. The second kappa shape index (κ2) is 8.19. The van der Waals surface area contributed by atoms with Crippen LogP contribution in [0.5, 0.6) is 0 Å². The molecule has 0 bridgehead atoms. The average Bonchev–Trinajstić information content (AvgIpc) is 3.15.